The zero-order valence-corrected chi connectivity index (χ0v) is 18.4. The van der Waals surface area contributed by atoms with Gasteiger partial charge >= 0.3 is 6.03 Å². The van der Waals surface area contributed by atoms with Gasteiger partial charge in [0.05, 0.1) is 0 Å². The first-order chi connectivity index (χ1) is 14.3. The minimum absolute atomic E-state index is 0.0247. The highest BCUT2D eigenvalue weighted by Crippen LogP contribution is 2.22. The van der Waals surface area contributed by atoms with Gasteiger partial charge in [-0.25, -0.2) is 13.2 Å². The topological polar surface area (TPSA) is 81.2 Å². The maximum atomic E-state index is 12.9. The van der Waals surface area contributed by atoms with Crippen LogP contribution in [-0.4, -0.2) is 92.7 Å². The molecule has 0 bridgehead atoms. The predicted molar refractivity (Wildman–Crippen MR) is 116 cm³/mol. The van der Waals surface area contributed by atoms with Crippen LogP contribution < -0.4 is 0 Å². The van der Waals surface area contributed by atoms with E-state index in [2.05, 4.69) is 0 Å². The molecule has 2 heterocycles. The molecule has 2 aliphatic heterocycles. The molecule has 2 saturated heterocycles. The highest BCUT2D eigenvalue weighted by Gasteiger charge is 2.33. The Morgan fingerprint density at radius 2 is 1.53 bits per heavy atom. The van der Waals surface area contributed by atoms with Crippen LogP contribution in [0.3, 0.4) is 0 Å². The maximum Gasteiger partial charge on any atom is 0.319 e. The van der Waals surface area contributed by atoms with Crippen LogP contribution >= 0.6 is 0 Å². The van der Waals surface area contributed by atoms with Crippen molar-refractivity contribution < 1.29 is 18.0 Å². The number of piperidine rings is 1. The molecule has 0 aliphatic carbocycles. The zero-order valence-electron chi connectivity index (χ0n) is 17.6. The van der Waals surface area contributed by atoms with Gasteiger partial charge in [-0.2, -0.15) is 4.31 Å². The number of benzene rings is 1. The second-order valence-corrected chi connectivity index (χ2v) is 9.74. The van der Waals surface area contributed by atoms with Gasteiger partial charge in [-0.3, -0.25) is 4.79 Å². The Balaban J connectivity index is 1.50. The van der Waals surface area contributed by atoms with Gasteiger partial charge in [0.15, 0.2) is 0 Å². The highest BCUT2D eigenvalue weighted by atomic mass is 32.2. The van der Waals surface area contributed by atoms with Crippen LogP contribution in [-0.2, 0) is 14.8 Å². The first-order valence-corrected chi connectivity index (χ1v) is 11.8. The number of carbonyl (C=O) groups is 2. The number of rotatable bonds is 4. The number of likely N-dealkylation sites (tertiary alicyclic amines) is 1. The van der Waals surface area contributed by atoms with E-state index in [9.17, 15) is 18.0 Å². The first kappa shape index (κ1) is 22.3. The number of piperazine rings is 1. The van der Waals surface area contributed by atoms with Gasteiger partial charge in [-0.15, -0.1) is 0 Å². The largest absolute Gasteiger partial charge is 0.340 e. The Kier molecular flexibility index (Phi) is 7.14. The van der Waals surface area contributed by atoms with Crippen molar-refractivity contribution in [1.29, 1.82) is 0 Å². The van der Waals surface area contributed by atoms with Crippen molar-refractivity contribution in [1.82, 2.24) is 19.0 Å². The van der Waals surface area contributed by atoms with Crippen LogP contribution in [0.15, 0.2) is 35.7 Å². The SMILES string of the molecule is CN(C)C(=O)N1CCC(C(=O)N2CCN(S(=O)(=O)/C=C/c3ccccc3)CC2)CC1. The van der Waals surface area contributed by atoms with E-state index in [1.54, 1.807) is 34.9 Å². The number of sulfonamides is 1. The van der Waals surface area contributed by atoms with Crippen molar-refractivity contribution in [2.45, 2.75) is 12.8 Å². The summed E-state index contributed by atoms with van der Waals surface area (Å²) in [6.07, 6.45) is 2.89. The molecule has 0 spiro atoms. The number of carbonyl (C=O) groups excluding carboxylic acids is 2. The Hall–Kier alpha value is -2.39. The van der Waals surface area contributed by atoms with Crippen LogP contribution in [0.1, 0.15) is 18.4 Å². The summed E-state index contributed by atoms with van der Waals surface area (Å²) in [6, 6.07) is 9.27. The van der Waals surface area contributed by atoms with E-state index < -0.39 is 10.0 Å². The monoisotopic (exact) mass is 434 g/mol. The normalized spacial score (nSPS) is 19.3. The molecule has 0 radical (unpaired) electrons. The fourth-order valence-corrected chi connectivity index (χ4v) is 5.01. The van der Waals surface area contributed by atoms with Crippen molar-refractivity contribution in [3.8, 4) is 0 Å². The van der Waals surface area contributed by atoms with Crippen molar-refractivity contribution in [2.75, 3.05) is 53.4 Å². The molecule has 3 rings (SSSR count). The predicted octanol–water partition coefficient (Wildman–Crippen LogP) is 1.52. The highest BCUT2D eigenvalue weighted by molar-refractivity contribution is 7.92. The maximum absolute atomic E-state index is 12.9. The van der Waals surface area contributed by atoms with Crippen molar-refractivity contribution >= 4 is 28.0 Å². The lowest BCUT2D eigenvalue weighted by Gasteiger charge is -2.38. The van der Waals surface area contributed by atoms with Crippen LogP contribution in [0, 0.1) is 5.92 Å². The number of hydrogen-bond donors (Lipinski definition) is 0. The van der Waals surface area contributed by atoms with E-state index >= 15 is 0 Å². The average Bonchev–Trinajstić information content (AvgIpc) is 2.77. The van der Waals surface area contributed by atoms with Crippen LogP contribution in [0.25, 0.3) is 6.08 Å². The smallest absolute Gasteiger partial charge is 0.319 e. The fourth-order valence-electron chi connectivity index (χ4n) is 3.84. The molecule has 2 aliphatic rings. The Morgan fingerprint density at radius 3 is 2.10 bits per heavy atom. The standard InChI is InChI=1S/C21H30N4O4S/c1-22(2)21(27)24-11-8-19(9-12-24)20(26)23-13-15-25(16-14-23)30(28,29)17-10-18-6-4-3-5-7-18/h3-7,10,17,19H,8-9,11-16H2,1-2H3/b17-10+. The van der Waals surface area contributed by atoms with Crippen LogP contribution in [0.2, 0.25) is 0 Å². The molecule has 0 unspecified atom stereocenters. The number of nitrogens with zero attached hydrogens (tertiary/aromatic N) is 4. The summed E-state index contributed by atoms with van der Waals surface area (Å²) in [4.78, 5) is 30.0. The number of hydrogen-bond acceptors (Lipinski definition) is 4. The summed E-state index contributed by atoms with van der Waals surface area (Å²) in [7, 11) is -0.0658. The van der Waals surface area contributed by atoms with Crippen LogP contribution in [0.5, 0.6) is 0 Å². The molecule has 0 aromatic heterocycles. The molecule has 0 atom stereocenters. The molecule has 3 amide bonds. The third kappa shape index (κ3) is 5.40. The molecular formula is C21H30N4O4S. The summed E-state index contributed by atoms with van der Waals surface area (Å²) < 4.78 is 26.6. The first-order valence-electron chi connectivity index (χ1n) is 10.3. The summed E-state index contributed by atoms with van der Waals surface area (Å²) >= 11 is 0. The summed E-state index contributed by atoms with van der Waals surface area (Å²) in [6.45, 7) is 2.54. The minimum atomic E-state index is -3.51. The van der Waals surface area contributed by atoms with E-state index in [1.165, 1.54) is 9.71 Å². The lowest BCUT2D eigenvalue weighted by molar-refractivity contribution is -0.138. The quantitative estimate of drug-likeness (QED) is 0.720. The average molecular weight is 435 g/mol. The molecule has 8 nitrogen and oxygen atoms in total. The molecule has 30 heavy (non-hydrogen) atoms. The summed E-state index contributed by atoms with van der Waals surface area (Å²) in [5.74, 6) is -0.0267. The van der Waals surface area contributed by atoms with Gasteiger partial charge in [0.25, 0.3) is 0 Å². The Labute approximate surface area is 178 Å². The van der Waals surface area contributed by atoms with Crippen LogP contribution in [0.4, 0.5) is 4.79 Å². The molecule has 2 fully saturated rings. The molecule has 9 heteroatoms. The van der Waals surface area contributed by atoms with E-state index in [0.717, 1.165) is 5.56 Å². The van der Waals surface area contributed by atoms with E-state index in [0.29, 0.717) is 52.1 Å². The van der Waals surface area contributed by atoms with Crippen molar-refractivity contribution in [3.63, 3.8) is 0 Å². The molecule has 164 valence electrons. The molecule has 0 N–H and O–H groups in total. The minimum Gasteiger partial charge on any atom is -0.340 e. The lowest BCUT2D eigenvalue weighted by atomic mass is 9.95. The molecule has 1 aromatic rings. The molecular weight excluding hydrogens is 404 g/mol. The Bertz CT molecular complexity index is 870. The second kappa shape index (κ2) is 9.61. The van der Waals surface area contributed by atoms with E-state index in [-0.39, 0.29) is 17.9 Å². The van der Waals surface area contributed by atoms with Crippen molar-refractivity contribution in [2.24, 2.45) is 5.92 Å². The number of urea groups is 1. The summed E-state index contributed by atoms with van der Waals surface area (Å²) in [5, 5.41) is 1.23. The third-order valence-corrected chi connectivity index (χ3v) is 7.20. The van der Waals surface area contributed by atoms with Gasteiger partial charge in [0.1, 0.15) is 0 Å². The van der Waals surface area contributed by atoms with Gasteiger partial charge in [-0.05, 0) is 24.5 Å². The van der Waals surface area contributed by atoms with Gasteiger partial charge in [-0.1, -0.05) is 30.3 Å². The zero-order chi connectivity index (χ0) is 21.7. The lowest BCUT2D eigenvalue weighted by Crippen LogP contribution is -2.53. The van der Waals surface area contributed by atoms with E-state index in [4.69, 9.17) is 0 Å². The third-order valence-electron chi connectivity index (χ3n) is 5.64. The van der Waals surface area contributed by atoms with E-state index in [1.807, 2.05) is 30.3 Å². The van der Waals surface area contributed by atoms with Gasteiger partial charge in [0.2, 0.25) is 15.9 Å². The van der Waals surface area contributed by atoms with Gasteiger partial charge in [0, 0.05) is 64.7 Å². The van der Waals surface area contributed by atoms with Gasteiger partial charge < -0.3 is 14.7 Å². The summed E-state index contributed by atoms with van der Waals surface area (Å²) in [5.41, 5.74) is 0.828. The Morgan fingerprint density at radius 1 is 0.933 bits per heavy atom. The number of amides is 3. The van der Waals surface area contributed by atoms with Crippen molar-refractivity contribution in [3.05, 3.63) is 41.3 Å². The molecule has 0 saturated carbocycles. The second-order valence-electron chi connectivity index (χ2n) is 7.92. The fraction of sp³-hybridized carbons (Fsp3) is 0.524. The molecule has 1 aromatic carbocycles.